The summed E-state index contributed by atoms with van der Waals surface area (Å²) in [5.41, 5.74) is 7.57. The fourth-order valence-electron chi connectivity index (χ4n) is 1.58. The van der Waals surface area contributed by atoms with Crippen LogP contribution in [-0.4, -0.2) is 9.97 Å². The molecule has 0 saturated carbocycles. The normalized spacial score (nSPS) is 10.1. The molecule has 3 nitrogen and oxygen atoms in total. The van der Waals surface area contributed by atoms with E-state index in [0.717, 1.165) is 15.6 Å². The highest BCUT2D eigenvalue weighted by Gasteiger charge is 2.05. The fraction of sp³-hybridized carbons (Fsp3) is 0.0769. The van der Waals surface area contributed by atoms with E-state index in [9.17, 15) is 0 Å². The molecule has 0 spiro atoms. The van der Waals surface area contributed by atoms with E-state index < -0.39 is 0 Å². The first-order valence-electron chi connectivity index (χ1n) is 5.40. The number of pyridine rings is 1. The summed E-state index contributed by atoms with van der Waals surface area (Å²) >= 11 is 8.43. The number of benzene rings is 1. The van der Waals surface area contributed by atoms with Crippen molar-refractivity contribution in [2.24, 2.45) is 5.73 Å². The summed E-state index contributed by atoms with van der Waals surface area (Å²) in [6.45, 7) is 0.673. The minimum Gasteiger partial charge on any atom is -0.389 e. The smallest absolute Gasteiger partial charge is 0.136 e. The molecule has 1 heterocycles. The van der Waals surface area contributed by atoms with Gasteiger partial charge in [0.2, 0.25) is 0 Å². The molecule has 0 amide bonds. The van der Waals surface area contributed by atoms with Crippen LogP contribution in [0.4, 0.5) is 5.82 Å². The third-order valence-corrected chi connectivity index (χ3v) is 3.14. The van der Waals surface area contributed by atoms with Crippen LogP contribution in [0, 0.1) is 0 Å². The Morgan fingerprint density at radius 3 is 2.89 bits per heavy atom. The molecular weight excluding hydrogens is 310 g/mol. The number of hydrogen-bond acceptors (Lipinski definition) is 3. The second kappa shape index (κ2) is 5.93. The quantitative estimate of drug-likeness (QED) is 0.850. The first-order chi connectivity index (χ1) is 8.66. The zero-order chi connectivity index (χ0) is 13.0. The van der Waals surface area contributed by atoms with E-state index in [2.05, 4.69) is 32.3 Å². The molecule has 0 aliphatic carbocycles. The Balaban J connectivity index is 2.13. The average Bonchev–Trinajstić information content (AvgIpc) is 2.37. The summed E-state index contributed by atoms with van der Waals surface area (Å²) in [6, 6.07) is 11.8. The maximum Gasteiger partial charge on any atom is 0.136 e. The number of halogens is 1. The maximum atomic E-state index is 5.65. The number of nitrogens with two attached hydrogens (primary N) is 1. The van der Waals surface area contributed by atoms with Crippen LogP contribution in [0.15, 0.2) is 47.1 Å². The highest BCUT2D eigenvalue weighted by Crippen LogP contribution is 2.15. The standard InChI is InChI=1S/C13H12BrN3S/c14-10-4-1-3-9(7-10)8-17-13-11(12(15)18)5-2-6-16-13/h1-7H,8H2,(H2,15,18)(H,16,17). The zero-order valence-corrected chi connectivity index (χ0v) is 12.0. The van der Waals surface area contributed by atoms with E-state index in [1.165, 1.54) is 0 Å². The Morgan fingerprint density at radius 1 is 1.33 bits per heavy atom. The van der Waals surface area contributed by atoms with Crippen LogP contribution >= 0.6 is 28.1 Å². The molecule has 0 radical (unpaired) electrons. The van der Waals surface area contributed by atoms with E-state index in [-0.39, 0.29) is 0 Å². The fourth-order valence-corrected chi connectivity index (χ4v) is 2.19. The van der Waals surface area contributed by atoms with Gasteiger partial charge >= 0.3 is 0 Å². The lowest BCUT2D eigenvalue weighted by molar-refractivity contribution is 1.11. The monoisotopic (exact) mass is 321 g/mol. The Morgan fingerprint density at radius 2 is 2.17 bits per heavy atom. The lowest BCUT2D eigenvalue weighted by Gasteiger charge is -2.09. The number of nitrogens with one attached hydrogen (secondary N) is 1. The molecule has 0 unspecified atom stereocenters. The van der Waals surface area contributed by atoms with Gasteiger partial charge in [-0.1, -0.05) is 40.3 Å². The maximum absolute atomic E-state index is 5.65. The van der Waals surface area contributed by atoms with Crippen molar-refractivity contribution in [2.75, 3.05) is 5.32 Å². The molecule has 0 aliphatic rings. The molecule has 1 aromatic carbocycles. The molecule has 0 aliphatic heterocycles. The van der Waals surface area contributed by atoms with Crippen molar-refractivity contribution < 1.29 is 0 Å². The Bertz CT molecular complexity index is 572. The van der Waals surface area contributed by atoms with Crippen LogP contribution in [0.3, 0.4) is 0 Å². The van der Waals surface area contributed by atoms with Gasteiger partial charge in [-0.3, -0.25) is 0 Å². The minimum atomic E-state index is 0.347. The van der Waals surface area contributed by atoms with Crippen LogP contribution in [-0.2, 0) is 6.54 Å². The average molecular weight is 322 g/mol. The highest BCUT2D eigenvalue weighted by atomic mass is 79.9. The molecule has 1 aromatic heterocycles. The first kappa shape index (κ1) is 13.0. The molecule has 2 aromatic rings. The molecule has 2 rings (SSSR count). The van der Waals surface area contributed by atoms with Gasteiger partial charge in [0.1, 0.15) is 10.8 Å². The lowest BCUT2D eigenvalue weighted by Crippen LogP contribution is -2.14. The van der Waals surface area contributed by atoms with Crippen molar-refractivity contribution in [1.82, 2.24) is 4.98 Å². The van der Waals surface area contributed by atoms with Gasteiger partial charge in [0.25, 0.3) is 0 Å². The second-order valence-corrected chi connectivity index (χ2v) is 5.10. The van der Waals surface area contributed by atoms with Crippen LogP contribution < -0.4 is 11.1 Å². The summed E-state index contributed by atoms with van der Waals surface area (Å²) < 4.78 is 1.05. The summed E-state index contributed by atoms with van der Waals surface area (Å²) in [7, 11) is 0. The van der Waals surface area contributed by atoms with Crippen molar-refractivity contribution >= 4 is 39.0 Å². The van der Waals surface area contributed by atoms with E-state index in [0.29, 0.717) is 17.4 Å². The van der Waals surface area contributed by atoms with Crippen molar-refractivity contribution in [3.8, 4) is 0 Å². The molecule has 92 valence electrons. The summed E-state index contributed by atoms with van der Waals surface area (Å²) in [6.07, 6.45) is 1.71. The molecule has 0 fully saturated rings. The van der Waals surface area contributed by atoms with E-state index in [1.807, 2.05) is 30.3 Å². The topological polar surface area (TPSA) is 50.9 Å². The van der Waals surface area contributed by atoms with Gasteiger partial charge in [-0.25, -0.2) is 4.98 Å². The number of nitrogens with zero attached hydrogens (tertiary/aromatic N) is 1. The van der Waals surface area contributed by atoms with Gasteiger partial charge in [-0.15, -0.1) is 0 Å². The van der Waals surface area contributed by atoms with Crippen LogP contribution in [0.5, 0.6) is 0 Å². The molecule has 5 heteroatoms. The third kappa shape index (κ3) is 3.27. The van der Waals surface area contributed by atoms with Gasteiger partial charge < -0.3 is 11.1 Å². The van der Waals surface area contributed by atoms with Gasteiger partial charge in [-0.05, 0) is 29.8 Å². The van der Waals surface area contributed by atoms with E-state index >= 15 is 0 Å². The van der Waals surface area contributed by atoms with Crippen molar-refractivity contribution in [3.05, 3.63) is 58.2 Å². The molecular formula is C13H12BrN3S. The first-order valence-corrected chi connectivity index (χ1v) is 6.60. The number of aromatic nitrogens is 1. The molecule has 0 saturated heterocycles. The van der Waals surface area contributed by atoms with Crippen molar-refractivity contribution in [3.63, 3.8) is 0 Å². The number of rotatable bonds is 4. The largest absolute Gasteiger partial charge is 0.389 e. The van der Waals surface area contributed by atoms with Gasteiger partial charge in [-0.2, -0.15) is 0 Å². The Hall–Kier alpha value is -1.46. The molecule has 18 heavy (non-hydrogen) atoms. The number of hydrogen-bond donors (Lipinski definition) is 2. The van der Waals surface area contributed by atoms with Crippen LogP contribution in [0.25, 0.3) is 0 Å². The SMILES string of the molecule is NC(=S)c1cccnc1NCc1cccc(Br)c1. The van der Waals surface area contributed by atoms with Crippen molar-refractivity contribution in [2.45, 2.75) is 6.54 Å². The number of thiocarbonyl (C=S) groups is 1. The highest BCUT2D eigenvalue weighted by molar-refractivity contribution is 9.10. The van der Waals surface area contributed by atoms with E-state index in [1.54, 1.807) is 6.20 Å². The molecule has 3 N–H and O–H groups in total. The van der Waals surface area contributed by atoms with Crippen LogP contribution in [0.1, 0.15) is 11.1 Å². The summed E-state index contributed by atoms with van der Waals surface area (Å²) in [5, 5.41) is 3.24. The zero-order valence-electron chi connectivity index (χ0n) is 9.56. The predicted molar refractivity (Wildman–Crippen MR) is 81.6 cm³/mol. The molecule has 0 atom stereocenters. The molecule has 0 bridgehead atoms. The van der Waals surface area contributed by atoms with E-state index in [4.69, 9.17) is 18.0 Å². The van der Waals surface area contributed by atoms with Crippen LogP contribution in [0.2, 0.25) is 0 Å². The summed E-state index contributed by atoms with van der Waals surface area (Å²) in [4.78, 5) is 4.59. The third-order valence-electron chi connectivity index (χ3n) is 2.42. The lowest BCUT2D eigenvalue weighted by atomic mass is 10.2. The minimum absolute atomic E-state index is 0.347. The predicted octanol–water partition coefficient (Wildman–Crippen LogP) is 3.09. The second-order valence-electron chi connectivity index (χ2n) is 3.75. The summed E-state index contributed by atoms with van der Waals surface area (Å²) in [5.74, 6) is 0.713. The van der Waals surface area contributed by atoms with Gasteiger partial charge in [0, 0.05) is 17.2 Å². The van der Waals surface area contributed by atoms with Gasteiger partial charge in [0.15, 0.2) is 0 Å². The Kier molecular flexibility index (Phi) is 4.28. The Labute approximate surface area is 120 Å². The number of anilines is 1. The van der Waals surface area contributed by atoms with Gasteiger partial charge in [0.05, 0.1) is 5.56 Å². The van der Waals surface area contributed by atoms with Crippen molar-refractivity contribution in [1.29, 1.82) is 0 Å².